The van der Waals surface area contributed by atoms with Crippen molar-refractivity contribution in [1.29, 1.82) is 0 Å². The number of H-pyrrole nitrogens is 1. The van der Waals surface area contributed by atoms with Gasteiger partial charge in [0.25, 0.3) is 0 Å². The predicted molar refractivity (Wildman–Crippen MR) is 118 cm³/mol. The van der Waals surface area contributed by atoms with Gasteiger partial charge in [-0.3, -0.25) is 9.78 Å². The Morgan fingerprint density at radius 3 is 2.97 bits per heavy atom. The van der Waals surface area contributed by atoms with E-state index >= 15 is 0 Å². The van der Waals surface area contributed by atoms with Gasteiger partial charge in [0, 0.05) is 39.9 Å². The van der Waals surface area contributed by atoms with Crippen LogP contribution in [0.15, 0.2) is 78.8 Å². The maximum Gasteiger partial charge on any atom is 0.230 e. The number of ketones is 1. The standard InChI is InChI=1S/C22H16Cl2N4O/c1-2-14(23)5-3-4-10-28-13-17(16-11-15(24)6-7-20(16)28)21(29)22-26-18-8-9-25-12-19(18)27-22/h2-9,11-13H,1,10H2,(H,26,27)/b4-3+,14-5+. The van der Waals surface area contributed by atoms with E-state index in [9.17, 15) is 4.79 Å². The average molecular weight is 423 g/mol. The number of allylic oxidation sites excluding steroid dienone is 5. The van der Waals surface area contributed by atoms with Crippen molar-refractivity contribution in [1.82, 2.24) is 19.5 Å². The molecule has 1 aromatic carbocycles. The highest BCUT2D eigenvalue weighted by molar-refractivity contribution is 6.32. The zero-order valence-corrected chi connectivity index (χ0v) is 16.8. The van der Waals surface area contributed by atoms with Crippen LogP contribution in [0.4, 0.5) is 0 Å². The molecule has 144 valence electrons. The minimum absolute atomic E-state index is 0.203. The minimum Gasteiger partial charge on any atom is -0.343 e. The Kier molecular flexibility index (Phi) is 5.34. The average Bonchev–Trinajstić information content (AvgIpc) is 3.32. The lowest BCUT2D eigenvalue weighted by molar-refractivity contribution is 0.103. The molecule has 29 heavy (non-hydrogen) atoms. The normalized spacial score (nSPS) is 12.3. The van der Waals surface area contributed by atoms with Gasteiger partial charge in [0.05, 0.1) is 22.8 Å². The molecule has 0 saturated heterocycles. The molecule has 0 atom stereocenters. The molecule has 5 nitrogen and oxygen atoms in total. The van der Waals surface area contributed by atoms with Gasteiger partial charge in [0.15, 0.2) is 5.82 Å². The summed E-state index contributed by atoms with van der Waals surface area (Å²) in [6.07, 6.45) is 12.2. The summed E-state index contributed by atoms with van der Waals surface area (Å²) in [4.78, 5) is 24.7. The summed E-state index contributed by atoms with van der Waals surface area (Å²) < 4.78 is 1.98. The molecule has 0 amide bonds. The first-order valence-corrected chi connectivity index (χ1v) is 9.60. The summed E-state index contributed by atoms with van der Waals surface area (Å²) in [7, 11) is 0. The molecule has 4 aromatic rings. The molecular formula is C22H16Cl2N4O. The number of imidazole rings is 1. The summed E-state index contributed by atoms with van der Waals surface area (Å²) >= 11 is 12.1. The second-order valence-corrected chi connectivity index (χ2v) is 7.22. The van der Waals surface area contributed by atoms with Crippen LogP contribution in [0, 0.1) is 0 Å². The molecular weight excluding hydrogens is 407 g/mol. The molecule has 0 bridgehead atoms. The number of nitrogens with zero attached hydrogens (tertiary/aromatic N) is 3. The number of nitrogens with one attached hydrogen (secondary N) is 1. The van der Waals surface area contributed by atoms with Crippen LogP contribution in [-0.4, -0.2) is 25.3 Å². The van der Waals surface area contributed by atoms with Crippen molar-refractivity contribution in [2.75, 3.05) is 0 Å². The molecule has 0 aliphatic carbocycles. The van der Waals surface area contributed by atoms with Crippen LogP contribution >= 0.6 is 23.2 Å². The summed E-state index contributed by atoms with van der Waals surface area (Å²) in [6, 6.07) is 7.26. The summed E-state index contributed by atoms with van der Waals surface area (Å²) in [5.41, 5.74) is 2.84. The molecule has 0 radical (unpaired) electrons. The number of fused-ring (bicyclic) bond motifs is 2. The number of carbonyl (C=O) groups excluding carboxylic acids is 1. The summed E-state index contributed by atoms with van der Waals surface area (Å²) in [6.45, 7) is 4.17. The van der Waals surface area contributed by atoms with E-state index in [1.807, 2.05) is 29.0 Å². The van der Waals surface area contributed by atoms with Gasteiger partial charge in [0.2, 0.25) is 5.78 Å². The van der Waals surface area contributed by atoms with E-state index < -0.39 is 0 Å². The lowest BCUT2D eigenvalue weighted by Gasteiger charge is -2.00. The fourth-order valence-electron chi connectivity index (χ4n) is 3.10. The third kappa shape index (κ3) is 3.88. The highest BCUT2D eigenvalue weighted by Gasteiger charge is 2.20. The van der Waals surface area contributed by atoms with Crippen molar-refractivity contribution in [2.45, 2.75) is 6.54 Å². The Balaban J connectivity index is 1.74. The highest BCUT2D eigenvalue weighted by atomic mass is 35.5. The fraction of sp³-hybridized carbons (Fsp3) is 0.0455. The number of hydrogen-bond donors (Lipinski definition) is 1. The molecule has 0 aliphatic rings. The Bertz CT molecular complexity index is 1260. The van der Waals surface area contributed by atoms with Crippen LogP contribution in [0.2, 0.25) is 5.02 Å². The van der Waals surface area contributed by atoms with E-state index in [1.54, 1.807) is 42.7 Å². The monoisotopic (exact) mass is 422 g/mol. The number of benzene rings is 1. The van der Waals surface area contributed by atoms with Gasteiger partial charge in [-0.2, -0.15) is 0 Å². The second kappa shape index (κ2) is 8.07. The zero-order chi connectivity index (χ0) is 20.4. The molecule has 4 rings (SSSR count). The van der Waals surface area contributed by atoms with Gasteiger partial charge in [-0.15, -0.1) is 0 Å². The molecule has 0 spiro atoms. The van der Waals surface area contributed by atoms with Crippen LogP contribution in [-0.2, 0) is 6.54 Å². The van der Waals surface area contributed by atoms with Crippen molar-refractivity contribution in [2.24, 2.45) is 0 Å². The smallest absolute Gasteiger partial charge is 0.230 e. The summed E-state index contributed by atoms with van der Waals surface area (Å²) in [5, 5.41) is 1.89. The first-order chi connectivity index (χ1) is 14.1. The van der Waals surface area contributed by atoms with Gasteiger partial charge >= 0.3 is 0 Å². The molecule has 0 unspecified atom stereocenters. The molecule has 3 heterocycles. The van der Waals surface area contributed by atoms with Gasteiger partial charge in [-0.25, -0.2) is 4.98 Å². The molecule has 0 fully saturated rings. The van der Waals surface area contributed by atoms with Crippen molar-refractivity contribution in [3.8, 4) is 0 Å². The maximum absolute atomic E-state index is 13.2. The number of aromatic nitrogens is 4. The van der Waals surface area contributed by atoms with Crippen LogP contribution in [0.1, 0.15) is 16.2 Å². The largest absolute Gasteiger partial charge is 0.343 e. The van der Waals surface area contributed by atoms with Crippen LogP contribution in [0.25, 0.3) is 21.9 Å². The van der Waals surface area contributed by atoms with Gasteiger partial charge < -0.3 is 9.55 Å². The molecule has 0 aliphatic heterocycles. The number of aromatic amines is 1. The Hall–Kier alpha value is -3.15. The maximum atomic E-state index is 13.2. The number of rotatable bonds is 6. The van der Waals surface area contributed by atoms with Crippen LogP contribution in [0.5, 0.6) is 0 Å². The van der Waals surface area contributed by atoms with E-state index in [4.69, 9.17) is 23.2 Å². The van der Waals surface area contributed by atoms with Gasteiger partial charge in [-0.05, 0) is 30.3 Å². The second-order valence-electron chi connectivity index (χ2n) is 6.35. The zero-order valence-electron chi connectivity index (χ0n) is 15.3. The van der Waals surface area contributed by atoms with Crippen molar-refractivity contribution >= 4 is 50.9 Å². The van der Waals surface area contributed by atoms with E-state index in [-0.39, 0.29) is 11.6 Å². The summed E-state index contributed by atoms with van der Waals surface area (Å²) in [5.74, 6) is 0.0639. The first kappa shape index (κ1) is 19.2. The minimum atomic E-state index is -0.203. The van der Waals surface area contributed by atoms with E-state index in [0.717, 1.165) is 10.9 Å². The van der Waals surface area contributed by atoms with Gasteiger partial charge in [0.1, 0.15) is 0 Å². The molecule has 7 heteroatoms. The first-order valence-electron chi connectivity index (χ1n) is 8.84. The van der Waals surface area contributed by atoms with E-state index in [1.165, 1.54) is 0 Å². The predicted octanol–water partition coefficient (Wildman–Crippen LogP) is 5.66. The van der Waals surface area contributed by atoms with Gasteiger partial charge in [-0.1, -0.05) is 48.0 Å². The fourth-order valence-corrected chi connectivity index (χ4v) is 3.34. The lowest BCUT2D eigenvalue weighted by atomic mass is 10.1. The number of carbonyl (C=O) groups is 1. The number of pyridine rings is 1. The molecule has 0 saturated carbocycles. The Morgan fingerprint density at radius 2 is 2.17 bits per heavy atom. The lowest BCUT2D eigenvalue weighted by Crippen LogP contribution is -2.03. The number of hydrogen-bond acceptors (Lipinski definition) is 3. The third-order valence-electron chi connectivity index (χ3n) is 4.47. The third-order valence-corrected chi connectivity index (χ3v) is 4.99. The molecule has 1 N–H and O–H groups in total. The van der Waals surface area contributed by atoms with E-state index in [0.29, 0.717) is 33.2 Å². The van der Waals surface area contributed by atoms with Crippen molar-refractivity contribution in [3.05, 3.63) is 95.2 Å². The van der Waals surface area contributed by atoms with Crippen molar-refractivity contribution in [3.63, 3.8) is 0 Å². The van der Waals surface area contributed by atoms with E-state index in [2.05, 4.69) is 21.5 Å². The van der Waals surface area contributed by atoms with Crippen molar-refractivity contribution < 1.29 is 4.79 Å². The van der Waals surface area contributed by atoms with Crippen LogP contribution < -0.4 is 0 Å². The highest BCUT2D eigenvalue weighted by Crippen LogP contribution is 2.27. The Morgan fingerprint density at radius 1 is 1.31 bits per heavy atom. The number of halogens is 2. The topological polar surface area (TPSA) is 63.6 Å². The SMILES string of the molecule is C=C/C(Cl)=C\C=C\Cn1cc(C(=O)c2nc3ccncc3[nH]2)c2cc(Cl)ccc21. The van der Waals surface area contributed by atoms with Crippen LogP contribution in [0.3, 0.4) is 0 Å². The Labute approximate surface area is 177 Å². The molecule has 3 aromatic heterocycles. The quantitative estimate of drug-likeness (QED) is 0.321.